The van der Waals surface area contributed by atoms with Crippen LogP contribution in [-0.4, -0.2) is 63.8 Å². The molecule has 0 saturated carbocycles. The summed E-state index contributed by atoms with van der Waals surface area (Å²) >= 11 is 1.39. The number of methoxy groups -OCH3 is 1. The van der Waals surface area contributed by atoms with Crippen LogP contribution in [0.2, 0.25) is 0 Å². The van der Waals surface area contributed by atoms with E-state index in [4.69, 9.17) is 20.2 Å². The van der Waals surface area contributed by atoms with Gasteiger partial charge in [0.1, 0.15) is 23.2 Å². The van der Waals surface area contributed by atoms with Gasteiger partial charge in [0.15, 0.2) is 16.8 Å². The summed E-state index contributed by atoms with van der Waals surface area (Å²) in [7, 11) is 1.56. The molecule has 5 rings (SSSR count). The molecule has 0 amide bonds. The highest BCUT2D eigenvalue weighted by molar-refractivity contribution is 8.13. The fourth-order valence-corrected chi connectivity index (χ4v) is 5.76. The molecule has 3 aromatic rings. The Hall–Kier alpha value is -3.71. The van der Waals surface area contributed by atoms with Crippen LogP contribution in [0.3, 0.4) is 0 Å². The number of amidine groups is 1. The predicted octanol–water partition coefficient (Wildman–Crippen LogP) is 3.82. The van der Waals surface area contributed by atoms with E-state index in [1.165, 1.54) is 42.4 Å². The minimum absolute atomic E-state index is 0.000455. The van der Waals surface area contributed by atoms with Crippen molar-refractivity contribution >= 4 is 34.8 Å². The maximum Gasteiger partial charge on any atom is 0.232 e. The number of rotatable bonds is 8. The lowest BCUT2D eigenvalue weighted by Gasteiger charge is -2.35. The summed E-state index contributed by atoms with van der Waals surface area (Å²) in [6.07, 6.45) is 5.77. The van der Waals surface area contributed by atoms with Crippen molar-refractivity contribution in [3.8, 4) is 5.88 Å². The SMILES string of the molecule is COC[C@H](C)Oc1cnc(/C(F)=C/c2ccc(F)c([C@]34CN(c5ncc(F)cn5)C[C@H]3CSC(N)=N4)c2)cn1. The van der Waals surface area contributed by atoms with Gasteiger partial charge in [-0.1, -0.05) is 17.8 Å². The minimum Gasteiger partial charge on any atom is -0.471 e. The van der Waals surface area contributed by atoms with E-state index in [1.54, 1.807) is 13.2 Å². The fourth-order valence-electron chi connectivity index (χ4n) is 4.78. The van der Waals surface area contributed by atoms with E-state index in [0.717, 1.165) is 12.4 Å². The average Bonchev–Trinajstić information content (AvgIpc) is 3.30. The normalized spacial score (nSPS) is 21.9. The molecule has 0 radical (unpaired) electrons. The van der Waals surface area contributed by atoms with E-state index in [9.17, 15) is 4.39 Å². The van der Waals surface area contributed by atoms with Crippen LogP contribution in [0.5, 0.6) is 5.88 Å². The Balaban J connectivity index is 1.44. The van der Waals surface area contributed by atoms with Crippen LogP contribution in [0.25, 0.3) is 11.9 Å². The monoisotopic (exact) mass is 557 g/mol. The predicted molar refractivity (Wildman–Crippen MR) is 143 cm³/mol. The molecule has 2 aromatic heterocycles. The largest absolute Gasteiger partial charge is 0.471 e. The Labute approximate surface area is 227 Å². The molecule has 1 fully saturated rings. The third-order valence-electron chi connectivity index (χ3n) is 6.53. The number of fused-ring (bicyclic) bond motifs is 1. The van der Waals surface area contributed by atoms with E-state index in [0.29, 0.717) is 35.6 Å². The molecule has 4 heterocycles. The van der Waals surface area contributed by atoms with Crippen molar-refractivity contribution in [3.05, 3.63) is 71.4 Å². The molecule has 1 saturated heterocycles. The highest BCUT2D eigenvalue weighted by atomic mass is 32.2. The van der Waals surface area contributed by atoms with Crippen molar-refractivity contribution in [1.82, 2.24) is 19.9 Å². The van der Waals surface area contributed by atoms with Gasteiger partial charge in [0.25, 0.3) is 0 Å². The highest BCUT2D eigenvalue weighted by Crippen LogP contribution is 2.47. The third-order valence-corrected chi connectivity index (χ3v) is 7.48. The number of ether oxygens (including phenoxy) is 2. The molecule has 0 aliphatic carbocycles. The maximum atomic E-state index is 15.4. The molecule has 0 bridgehead atoms. The summed E-state index contributed by atoms with van der Waals surface area (Å²) < 4.78 is 54.5. The number of aromatic nitrogens is 4. The van der Waals surface area contributed by atoms with Gasteiger partial charge in [-0.25, -0.2) is 38.1 Å². The van der Waals surface area contributed by atoms with Crippen molar-refractivity contribution in [2.24, 2.45) is 16.6 Å². The van der Waals surface area contributed by atoms with Crippen LogP contribution < -0.4 is 15.4 Å². The first-order valence-corrected chi connectivity index (χ1v) is 13.1. The van der Waals surface area contributed by atoms with E-state index in [1.807, 2.05) is 11.8 Å². The number of hydrogen-bond donors (Lipinski definition) is 1. The van der Waals surface area contributed by atoms with Crippen LogP contribution in [-0.2, 0) is 10.3 Å². The molecule has 13 heteroatoms. The molecule has 9 nitrogen and oxygen atoms in total. The Morgan fingerprint density at radius 2 is 2.00 bits per heavy atom. The van der Waals surface area contributed by atoms with Crippen molar-refractivity contribution in [2.45, 2.75) is 18.6 Å². The zero-order chi connectivity index (χ0) is 27.6. The van der Waals surface area contributed by atoms with Gasteiger partial charge in [-0.15, -0.1) is 0 Å². The smallest absolute Gasteiger partial charge is 0.232 e. The van der Waals surface area contributed by atoms with Gasteiger partial charge >= 0.3 is 0 Å². The van der Waals surface area contributed by atoms with Crippen LogP contribution in [0, 0.1) is 17.6 Å². The molecular formula is C26H26F3N7O2S. The first-order valence-electron chi connectivity index (χ1n) is 12.1. The zero-order valence-corrected chi connectivity index (χ0v) is 22.0. The van der Waals surface area contributed by atoms with Crippen LogP contribution in [0.1, 0.15) is 23.7 Å². The number of anilines is 1. The second-order valence-corrected chi connectivity index (χ2v) is 10.4. The maximum absolute atomic E-state index is 15.4. The Morgan fingerprint density at radius 1 is 1.21 bits per heavy atom. The molecule has 0 unspecified atom stereocenters. The molecule has 39 heavy (non-hydrogen) atoms. The summed E-state index contributed by atoms with van der Waals surface area (Å²) in [5.74, 6) is -0.687. The second-order valence-electron chi connectivity index (χ2n) is 9.32. The zero-order valence-electron chi connectivity index (χ0n) is 21.2. The number of aliphatic imine (C=N–C) groups is 1. The number of nitrogens with zero attached hydrogens (tertiary/aromatic N) is 6. The molecule has 2 N–H and O–H groups in total. The first-order chi connectivity index (χ1) is 18.8. The Morgan fingerprint density at radius 3 is 2.72 bits per heavy atom. The van der Waals surface area contributed by atoms with E-state index in [-0.39, 0.29) is 35.7 Å². The van der Waals surface area contributed by atoms with Gasteiger partial charge in [0, 0.05) is 30.9 Å². The van der Waals surface area contributed by atoms with E-state index >= 15 is 8.78 Å². The molecule has 2 aliphatic heterocycles. The fraction of sp³-hybridized carbons (Fsp3) is 0.346. The van der Waals surface area contributed by atoms with Crippen LogP contribution in [0.15, 0.2) is 48.0 Å². The Bertz CT molecular complexity index is 1390. The first kappa shape index (κ1) is 26.9. The number of halogens is 3. The van der Waals surface area contributed by atoms with Crippen molar-refractivity contribution in [2.75, 3.05) is 37.5 Å². The van der Waals surface area contributed by atoms with Crippen molar-refractivity contribution in [3.63, 3.8) is 0 Å². The topological polar surface area (TPSA) is 112 Å². The number of benzene rings is 1. The number of thioether (sulfide) groups is 1. The summed E-state index contributed by atoms with van der Waals surface area (Å²) in [5, 5.41) is 0.331. The van der Waals surface area contributed by atoms with Gasteiger partial charge in [-0.2, -0.15) is 0 Å². The van der Waals surface area contributed by atoms with Crippen LogP contribution in [0.4, 0.5) is 19.1 Å². The standard InChI is InChI=1S/C26H26F3N7O2S/c1-15(12-37-2)38-23-10-31-22(9-32-23)21(29)6-16-3-4-20(28)19(5-16)26-14-36(25-33-7-18(27)8-34-25)11-17(26)13-39-24(30)35-26/h3-10,15,17H,11-14H2,1-2H3,(H2,30,35)/b21-6-/t15-,17-,26-/m0/s1. The Kier molecular flexibility index (Phi) is 7.71. The van der Waals surface area contributed by atoms with Crippen molar-refractivity contribution in [1.29, 1.82) is 0 Å². The molecular weight excluding hydrogens is 531 g/mol. The second kappa shape index (κ2) is 11.2. The van der Waals surface area contributed by atoms with Gasteiger partial charge in [-0.3, -0.25) is 0 Å². The lowest BCUT2D eigenvalue weighted by molar-refractivity contribution is 0.0886. The summed E-state index contributed by atoms with van der Waals surface area (Å²) in [4.78, 5) is 22.9. The summed E-state index contributed by atoms with van der Waals surface area (Å²) in [6.45, 7) is 2.88. The molecule has 3 atom stereocenters. The summed E-state index contributed by atoms with van der Waals surface area (Å²) in [6, 6.07) is 4.33. The quantitative estimate of drug-likeness (QED) is 0.442. The third kappa shape index (κ3) is 5.69. The lowest BCUT2D eigenvalue weighted by atomic mass is 9.81. The average molecular weight is 558 g/mol. The lowest BCUT2D eigenvalue weighted by Crippen LogP contribution is -2.40. The molecule has 2 aliphatic rings. The molecule has 204 valence electrons. The van der Waals surface area contributed by atoms with Gasteiger partial charge in [-0.05, 0) is 30.7 Å². The van der Waals surface area contributed by atoms with Gasteiger partial charge in [0.2, 0.25) is 11.8 Å². The van der Waals surface area contributed by atoms with Gasteiger partial charge in [0.05, 0.1) is 37.9 Å². The summed E-state index contributed by atoms with van der Waals surface area (Å²) in [5.41, 5.74) is 5.76. The van der Waals surface area contributed by atoms with Crippen LogP contribution >= 0.6 is 11.8 Å². The number of nitrogens with two attached hydrogens (primary N) is 1. The highest BCUT2D eigenvalue weighted by Gasteiger charge is 2.52. The minimum atomic E-state index is -1.05. The molecule has 0 spiro atoms. The molecule has 1 aromatic carbocycles. The van der Waals surface area contributed by atoms with Crippen molar-refractivity contribution < 1.29 is 22.6 Å². The van der Waals surface area contributed by atoms with Gasteiger partial charge < -0.3 is 20.1 Å². The number of hydrogen-bond acceptors (Lipinski definition) is 10. The van der Waals surface area contributed by atoms with E-state index < -0.39 is 23.0 Å². The van der Waals surface area contributed by atoms with E-state index in [2.05, 4.69) is 19.9 Å².